The molecule has 116 valence electrons. The van der Waals surface area contributed by atoms with Crippen LogP contribution in [0.5, 0.6) is 0 Å². The lowest BCUT2D eigenvalue weighted by Gasteiger charge is -2.29. The molecule has 2 nitrogen and oxygen atoms in total. The maximum Gasteiger partial charge on any atom is 0.140 e. The summed E-state index contributed by atoms with van der Waals surface area (Å²) in [5.41, 5.74) is 8.45. The van der Waals surface area contributed by atoms with E-state index >= 15 is 0 Å². The third-order valence-corrected chi connectivity index (χ3v) is 4.82. The van der Waals surface area contributed by atoms with E-state index in [1.54, 1.807) is 0 Å². The molecule has 1 aliphatic rings. The van der Waals surface area contributed by atoms with Crippen molar-refractivity contribution >= 4 is 5.78 Å². The Labute approximate surface area is 129 Å². The number of hydrogen-bond acceptors (Lipinski definition) is 2. The highest BCUT2D eigenvalue weighted by Gasteiger charge is 2.29. The van der Waals surface area contributed by atoms with Crippen LogP contribution in [0.25, 0.3) is 0 Å². The van der Waals surface area contributed by atoms with Gasteiger partial charge in [0.15, 0.2) is 0 Å². The van der Waals surface area contributed by atoms with Crippen molar-refractivity contribution < 1.29 is 4.79 Å². The molecule has 0 bridgehead atoms. The maximum absolute atomic E-state index is 12.6. The van der Waals surface area contributed by atoms with Crippen LogP contribution in [0.1, 0.15) is 57.6 Å². The Balaban J connectivity index is 2.02. The Hall–Kier alpha value is -1.15. The summed E-state index contributed by atoms with van der Waals surface area (Å²) in [6, 6.07) is 8.53. The summed E-state index contributed by atoms with van der Waals surface area (Å²) in [5, 5.41) is 0. The zero-order valence-electron chi connectivity index (χ0n) is 13.7. The van der Waals surface area contributed by atoms with Crippen LogP contribution in [-0.2, 0) is 16.6 Å². The Morgan fingerprint density at radius 2 is 1.76 bits per heavy atom. The van der Waals surface area contributed by atoms with Crippen LogP contribution in [0.15, 0.2) is 24.3 Å². The number of rotatable bonds is 4. The van der Waals surface area contributed by atoms with E-state index in [4.69, 9.17) is 5.73 Å². The van der Waals surface area contributed by atoms with E-state index in [2.05, 4.69) is 45.0 Å². The first kappa shape index (κ1) is 16.2. The number of carbonyl (C=O) groups is 1. The molecule has 1 aliphatic carbocycles. The fraction of sp³-hybridized carbons (Fsp3) is 0.632. The molecular formula is C19H29NO. The third-order valence-electron chi connectivity index (χ3n) is 4.82. The molecule has 1 fully saturated rings. The number of Topliss-reactive ketones (excluding diaryl/α,β-unsaturated/α-hetero) is 1. The minimum Gasteiger partial charge on any atom is -0.330 e. The van der Waals surface area contributed by atoms with E-state index in [9.17, 15) is 4.79 Å². The lowest BCUT2D eigenvalue weighted by molar-refractivity contribution is -0.124. The summed E-state index contributed by atoms with van der Waals surface area (Å²) in [7, 11) is 0. The van der Waals surface area contributed by atoms with E-state index in [1.807, 2.05) is 0 Å². The first-order valence-electron chi connectivity index (χ1n) is 8.24. The van der Waals surface area contributed by atoms with Crippen molar-refractivity contribution in [2.45, 2.75) is 58.3 Å². The molecule has 2 atom stereocenters. The van der Waals surface area contributed by atoms with Gasteiger partial charge in [0.1, 0.15) is 5.78 Å². The molecule has 0 radical (unpaired) electrons. The molecule has 0 aliphatic heterocycles. The van der Waals surface area contributed by atoms with E-state index in [1.165, 1.54) is 18.4 Å². The maximum atomic E-state index is 12.6. The summed E-state index contributed by atoms with van der Waals surface area (Å²) < 4.78 is 0. The SMILES string of the molecule is CC(C)(C)c1ccc(CC(=O)C2CCCCC2CN)cc1. The van der Waals surface area contributed by atoms with Gasteiger partial charge in [0.05, 0.1) is 0 Å². The normalized spacial score (nSPS) is 23.0. The van der Waals surface area contributed by atoms with Gasteiger partial charge >= 0.3 is 0 Å². The standard InChI is InChI=1S/C19H29NO/c1-19(2,3)16-10-8-14(9-11-16)12-18(21)17-7-5-4-6-15(17)13-20/h8-11,15,17H,4-7,12-13,20H2,1-3H3. The van der Waals surface area contributed by atoms with Crippen molar-refractivity contribution in [1.29, 1.82) is 0 Å². The van der Waals surface area contributed by atoms with Crippen molar-refractivity contribution in [2.24, 2.45) is 17.6 Å². The summed E-state index contributed by atoms with van der Waals surface area (Å²) in [6.45, 7) is 7.28. The summed E-state index contributed by atoms with van der Waals surface area (Å²) in [5.74, 6) is 0.972. The molecule has 1 aromatic carbocycles. The first-order chi connectivity index (χ1) is 9.91. The van der Waals surface area contributed by atoms with Crippen LogP contribution >= 0.6 is 0 Å². The number of carbonyl (C=O) groups excluding carboxylic acids is 1. The fourth-order valence-corrected chi connectivity index (χ4v) is 3.37. The van der Waals surface area contributed by atoms with E-state index in [0.717, 1.165) is 18.4 Å². The van der Waals surface area contributed by atoms with Gasteiger partial charge < -0.3 is 5.73 Å². The lowest BCUT2D eigenvalue weighted by Crippen LogP contribution is -2.33. The molecule has 21 heavy (non-hydrogen) atoms. The molecule has 0 heterocycles. The molecule has 2 heteroatoms. The highest BCUT2D eigenvalue weighted by molar-refractivity contribution is 5.83. The fourth-order valence-electron chi connectivity index (χ4n) is 3.37. The highest BCUT2D eigenvalue weighted by atomic mass is 16.1. The topological polar surface area (TPSA) is 43.1 Å². The predicted octanol–water partition coefficient (Wildman–Crippen LogP) is 3.86. The Morgan fingerprint density at radius 1 is 1.14 bits per heavy atom. The molecule has 0 spiro atoms. The number of ketones is 1. The van der Waals surface area contributed by atoms with Gasteiger partial charge in [-0.25, -0.2) is 0 Å². The van der Waals surface area contributed by atoms with Crippen LogP contribution < -0.4 is 5.73 Å². The number of nitrogens with two attached hydrogens (primary N) is 1. The van der Waals surface area contributed by atoms with Gasteiger partial charge in [-0.1, -0.05) is 57.9 Å². The molecule has 0 saturated heterocycles. The molecule has 0 amide bonds. The Kier molecular flexibility index (Phi) is 5.21. The predicted molar refractivity (Wildman–Crippen MR) is 88.4 cm³/mol. The smallest absolute Gasteiger partial charge is 0.140 e. The zero-order valence-corrected chi connectivity index (χ0v) is 13.7. The molecule has 0 aromatic heterocycles. The Morgan fingerprint density at radius 3 is 2.33 bits per heavy atom. The van der Waals surface area contributed by atoms with Gasteiger partial charge in [-0.3, -0.25) is 4.79 Å². The molecule has 2 unspecified atom stereocenters. The summed E-state index contributed by atoms with van der Waals surface area (Å²) in [4.78, 5) is 12.6. The van der Waals surface area contributed by atoms with Gasteiger partial charge in [0.25, 0.3) is 0 Å². The second-order valence-corrected chi connectivity index (χ2v) is 7.48. The minimum atomic E-state index is 0.163. The van der Waals surface area contributed by atoms with Crippen molar-refractivity contribution in [3.05, 3.63) is 35.4 Å². The van der Waals surface area contributed by atoms with E-state index in [0.29, 0.717) is 24.7 Å². The molecule has 1 aromatic rings. The van der Waals surface area contributed by atoms with Crippen LogP contribution in [0.4, 0.5) is 0 Å². The quantitative estimate of drug-likeness (QED) is 0.913. The monoisotopic (exact) mass is 287 g/mol. The van der Waals surface area contributed by atoms with E-state index in [-0.39, 0.29) is 11.3 Å². The van der Waals surface area contributed by atoms with Crippen LogP contribution in [0.2, 0.25) is 0 Å². The van der Waals surface area contributed by atoms with Gasteiger partial charge in [-0.2, -0.15) is 0 Å². The number of hydrogen-bond donors (Lipinski definition) is 1. The van der Waals surface area contributed by atoms with Crippen LogP contribution in [-0.4, -0.2) is 12.3 Å². The average molecular weight is 287 g/mol. The third kappa shape index (κ3) is 4.16. The second kappa shape index (κ2) is 6.74. The van der Waals surface area contributed by atoms with Crippen LogP contribution in [0, 0.1) is 11.8 Å². The lowest BCUT2D eigenvalue weighted by atomic mass is 9.75. The molecule has 2 rings (SSSR count). The summed E-state index contributed by atoms with van der Waals surface area (Å²) in [6.07, 6.45) is 5.12. The van der Waals surface area contributed by atoms with Crippen molar-refractivity contribution in [3.63, 3.8) is 0 Å². The zero-order chi connectivity index (χ0) is 15.5. The van der Waals surface area contributed by atoms with Gasteiger partial charge in [0, 0.05) is 12.3 Å². The molecular weight excluding hydrogens is 258 g/mol. The largest absolute Gasteiger partial charge is 0.330 e. The highest BCUT2D eigenvalue weighted by Crippen LogP contribution is 2.31. The minimum absolute atomic E-state index is 0.163. The van der Waals surface area contributed by atoms with Gasteiger partial charge in [-0.05, 0) is 41.8 Å². The summed E-state index contributed by atoms with van der Waals surface area (Å²) >= 11 is 0. The first-order valence-corrected chi connectivity index (χ1v) is 8.24. The second-order valence-electron chi connectivity index (χ2n) is 7.48. The average Bonchev–Trinajstić information content (AvgIpc) is 2.46. The van der Waals surface area contributed by atoms with Gasteiger partial charge in [0.2, 0.25) is 0 Å². The van der Waals surface area contributed by atoms with Gasteiger partial charge in [-0.15, -0.1) is 0 Å². The Bertz CT molecular complexity index is 469. The molecule has 2 N–H and O–H groups in total. The van der Waals surface area contributed by atoms with Crippen molar-refractivity contribution in [3.8, 4) is 0 Å². The van der Waals surface area contributed by atoms with Crippen LogP contribution in [0.3, 0.4) is 0 Å². The number of benzene rings is 1. The van der Waals surface area contributed by atoms with Crippen molar-refractivity contribution in [2.75, 3.05) is 6.54 Å². The molecule has 1 saturated carbocycles. The van der Waals surface area contributed by atoms with Crippen molar-refractivity contribution in [1.82, 2.24) is 0 Å². The van der Waals surface area contributed by atoms with E-state index < -0.39 is 0 Å².